The highest BCUT2D eigenvalue weighted by molar-refractivity contribution is 5.95. The predicted octanol–water partition coefficient (Wildman–Crippen LogP) is 5.61. The van der Waals surface area contributed by atoms with E-state index in [-0.39, 0.29) is 24.4 Å². The summed E-state index contributed by atoms with van der Waals surface area (Å²) in [5, 5.41) is 19.8. The van der Waals surface area contributed by atoms with E-state index < -0.39 is 18.0 Å². The summed E-state index contributed by atoms with van der Waals surface area (Å²) in [4.78, 5) is 31.8. The van der Waals surface area contributed by atoms with Gasteiger partial charge in [0, 0.05) is 30.0 Å². The fourth-order valence-corrected chi connectivity index (χ4v) is 6.11. The van der Waals surface area contributed by atoms with Crippen molar-refractivity contribution in [1.82, 2.24) is 9.55 Å². The van der Waals surface area contributed by atoms with E-state index in [1.54, 1.807) is 4.90 Å². The molecule has 2 unspecified atom stereocenters. The van der Waals surface area contributed by atoms with E-state index in [9.17, 15) is 20.0 Å². The van der Waals surface area contributed by atoms with Crippen LogP contribution in [0.1, 0.15) is 67.9 Å². The smallest absolute Gasteiger partial charge is 0.414 e. The lowest BCUT2D eigenvalue weighted by molar-refractivity contribution is -0.138. The van der Waals surface area contributed by atoms with Crippen molar-refractivity contribution in [3.05, 3.63) is 59.4 Å². The van der Waals surface area contributed by atoms with Gasteiger partial charge in [0.25, 0.3) is 0 Å². The Hall–Kier alpha value is -3.86. The van der Waals surface area contributed by atoms with Gasteiger partial charge in [-0.2, -0.15) is 5.26 Å². The summed E-state index contributed by atoms with van der Waals surface area (Å²) in [7, 11) is 1.39. The van der Waals surface area contributed by atoms with Crippen LogP contribution in [0, 0.1) is 17.2 Å². The molecule has 1 aliphatic carbocycles. The minimum absolute atomic E-state index is 0.00292. The summed E-state index contributed by atoms with van der Waals surface area (Å²) in [5.74, 6) is -0.946. The molecule has 1 aliphatic heterocycles. The Morgan fingerprint density at radius 3 is 2.68 bits per heavy atom. The number of nitrogens with zero attached hydrogens (tertiary/aromatic N) is 4. The van der Waals surface area contributed by atoms with Crippen LogP contribution in [-0.2, 0) is 22.4 Å². The maximum atomic E-state index is 12.6. The Morgan fingerprint density at radius 2 is 1.97 bits per heavy atom. The van der Waals surface area contributed by atoms with Crippen molar-refractivity contribution in [2.45, 2.75) is 69.9 Å². The van der Waals surface area contributed by atoms with Crippen LogP contribution in [0.15, 0.2) is 42.5 Å². The molecule has 3 aromatic rings. The maximum Gasteiger partial charge on any atom is 0.414 e. The molecule has 0 spiro atoms. The topological polar surface area (TPSA) is 108 Å². The molecule has 192 valence electrons. The van der Waals surface area contributed by atoms with Gasteiger partial charge in [-0.1, -0.05) is 36.8 Å². The Morgan fingerprint density at radius 1 is 1.19 bits per heavy atom. The largest absolute Gasteiger partial charge is 0.481 e. The van der Waals surface area contributed by atoms with E-state index in [4.69, 9.17) is 9.72 Å². The van der Waals surface area contributed by atoms with Gasteiger partial charge in [0.1, 0.15) is 5.82 Å². The van der Waals surface area contributed by atoms with E-state index in [2.05, 4.69) is 10.6 Å². The third-order valence-corrected chi connectivity index (χ3v) is 7.98. The Kier molecular flexibility index (Phi) is 6.88. The number of amides is 1. The molecule has 8 nitrogen and oxygen atoms in total. The first-order valence-corrected chi connectivity index (χ1v) is 13.0. The molecular weight excluding hydrogens is 468 g/mol. The summed E-state index contributed by atoms with van der Waals surface area (Å²) < 4.78 is 7.26. The van der Waals surface area contributed by atoms with Crippen molar-refractivity contribution < 1.29 is 19.4 Å². The van der Waals surface area contributed by atoms with Gasteiger partial charge in [-0.15, -0.1) is 0 Å². The second kappa shape index (κ2) is 10.3. The number of carboxylic acids is 1. The van der Waals surface area contributed by atoms with Gasteiger partial charge in [-0.3, -0.25) is 9.69 Å². The first-order chi connectivity index (χ1) is 17.9. The number of imidazole rings is 1. The number of methoxy groups -OCH3 is 1. The zero-order valence-electron chi connectivity index (χ0n) is 21.3. The second-order valence-electron chi connectivity index (χ2n) is 10.2. The number of aromatic nitrogens is 2. The lowest BCUT2D eigenvalue weighted by atomic mass is 9.86. The molecule has 2 aliphatic rings. The van der Waals surface area contributed by atoms with Crippen LogP contribution in [0.4, 0.5) is 10.5 Å². The van der Waals surface area contributed by atoms with E-state index in [0.29, 0.717) is 5.82 Å². The van der Waals surface area contributed by atoms with Crippen molar-refractivity contribution in [3.8, 4) is 6.07 Å². The van der Waals surface area contributed by atoms with Gasteiger partial charge in [-0.25, -0.2) is 9.78 Å². The molecule has 1 aromatic heterocycles. The van der Waals surface area contributed by atoms with Gasteiger partial charge in [0.2, 0.25) is 0 Å². The second-order valence-corrected chi connectivity index (χ2v) is 10.2. The highest BCUT2D eigenvalue weighted by Gasteiger charge is 2.34. The van der Waals surface area contributed by atoms with E-state index >= 15 is 0 Å². The number of rotatable bonds is 5. The molecule has 8 heteroatoms. The van der Waals surface area contributed by atoms with Gasteiger partial charge in [0.05, 0.1) is 35.8 Å². The molecule has 1 fully saturated rings. The number of carboxylic acid groups (broad SMARTS) is 1. The SMILES string of the molecule is COC(=O)N1c2ccc3c(nc(CC(C(=O)O)c4ccccc4)n3[C@H]3CCCC(C#N)C3)c2CC[C@@H]1C. The Labute approximate surface area is 216 Å². The number of carbonyl (C=O) groups is 2. The predicted molar refractivity (Wildman–Crippen MR) is 140 cm³/mol. The fraction of sp³-hybridized carbons (Fsp3) is 0.448. The quantitative estimate of drug-likeness (QED) is 0.488. The summed E-state index contributed by atoms with van der Waals surface area (Å²) >= 11 is 0. The summed E-state index contributed by atoms with van der Waals surface area (Å²) in [6.45, 7) is 2.01. The zero-order chi connectivity index (χ0) is 26.1. The third kappa shape index (κ3) is 4.55. The highest BCUT2D eigenvalue weighted by Crippen LogP contribution is 2.41. The minimum Gasteiger partial charge on any atom is -0.481 e. The number of ether oxygens (including phenoxy) is 1. The van der Waals surface area contributed by atoms with Gasteiger partial charge < -0.3 is 14.4 Å². The van der Waals surface area contributed by atoms with E-state index in [0.717, 1.165) is 66.4 Å². The number of benzene rings is 2. The number of nitriles is 1. The van der Waals surface area contributed by atoms with Crippen LogP contribution in [-0.4, -0.2) is 39.9 Å². The lowest BCUT2D eigenvalue weighted by Gasteiger charge is -2.34. The molecule has 37 heavy (non-hydrogen) atoms. The van der Waals surface area contributed by atoms with Crippen LogP contribution in [0.25, 0.3) is 11.0 Å². The first-order valence-electron chi connectivity index (χ1n) is 13.0. The third-order valence-electron chi connectivity index (χ3n) is 7.98. The fourth-order valence-electron chi connectivity index (χ4n) is 6.11. The Bertz CT molecular complexity index is 1360. The van der Waals surface area contributed by atoms with Crippen LogP contribution in [0.3, 0.4) is 0 Å². The van der Waals surface area contributed by atoms with Crippen LogP contribution in [0.5, 0.6) is 0 Å². The van der Waals surface area contributed by atoms with E-state index in [1.165, 1.54) is 7.11 Å². The number of hydrogen-bond donors (Lipinski definition) is 1. The average molecular weight is 501 g/mol. The zero-order valence-corrected chi connectivity index (χ0v) is 21.3. The first kappa shape index (κ1) is 24.8. The molecule has 1 amide bonds. The van der Waals surface area contributed by atoms with Crippen LogP contribution < -0.4 is 4.90 Å². The monoisotopic (exact) mass is 500 g/mol. The molecule has 2 aromatic carbocycles. The van der Waals surface area contributed by atoms with Crippen molar-refractivity contribution in [2.75, 3.05) is 12.0 Å². The molecular formula is C29H32N4O4. The maximum absolute atomic E-state index is 12.6. The van der Waals surface area contributed by atoms with Crippen LogP contribution >= 0.6 is 0 Å². The number of aryl methyl sites for hydroxylation is 1. The molecule has 1 saturated carbocycles. The van der Waals surface area contributed by atoms with Gasteiger partial charge >= 0.3 is 12.1 Å². The summed E-state index contributed by atoms with van der Waals surface area (Å²) in [5.41, 5.74) is 4.27. The standard InChI is InChI=1S/C29H32N4O4/c1-18-11-12-22-24(32(18)29(36)37-2)13-14-25-27(22)31-26(33(25)21-10-6-7-19(15-21)17-30)16-23(28(34)35)20-8-4-3-5-9-20/h3-5,8-9,13-14,18-19,21,23H,6-7,10-12,15-16H2,1-2H3,(H,34,35)/t18-,19?,21-,23?/m0/s1. The Balaban J connectivity index is 1.66. The minimum atomic E-state index is -0.893. The lowest BCUT2D eigenvalue weighted by Crippen LogP contribution is -2.42. The molecule has 0 saturated heterocycles. The molecule has 0 radical (unpaired) electrons. The summed E-state index contributed by atoms with van der Waals surface area (Å²) in [6, 6.07) is 15.7. The van der Waals surface area contributed by atoms with Crippen LogP contribution in [0.2, 0.25) is 0 Å². The molecule has 2 heterocycles. The van der Waals surface area contributed by atoms with Gasteiger partial charge in [0.15, 0.2) is 0 Å². The van der Waals surface area contributed by atoms with Gasteiger partial charge in [-0.05, 0) is 56.7 Å². The van der Waals surface area contributed by atoms with Crippen molar-refractivity contribution >= 4 is 28.8 Å². The number of fused-ring (bicyclic) bond motifs is 3. The number of anilines is 1. The highest BCUT2D eigenvalue weighted by atomic mass is 16.5. The van der Waals surface area contributed by atoms with E-state index in [1.807, 2.05) is 49.4 Å². The number of aliphatic carboxylic acids is 1. The number of hydrogen-bond acceptors (Lipinski definition) is 5. The molecule has 5 rings (SSSR count). The molecule has 4 atom stereocenters. The number of carbonyl (C=O) groups excluding carboxylic acids is 1. The van der Waals surface area contributed by atoms with Crippen molar-refractivity contribution in [3.63, 3.8) is 0 Å². The molecule has 1 N–H and O–H groups in total. The normalized spacial score (nSPS) is 22.2. The van der Waals surface area contributed by atoms with Crippen molar-refractivity contribution in [1.29, 1.82) is 5.26 Å². The van der Waals surface area contributed by atoms with Crippen molar-refractivity contribution in [2.24, 2.45) is 5.92 Å². The average Bonchev–Trinajstić information content (AvgIpc) is 3.30. The summed E-state index contributed by atoms with van der Waals surface area (Å²) in [6.07, 6.45) is 4.87. The molecule has 0 bridgehead atoms.